The smallest absolute Gasteiger partial charge is 0.281 e. The van der Waals surface area contributed by atoms with Crippen molar-refractivity contribution >= 4 is 21.8 Å². The van der Waals surface area contributed by atoms with E-state index in [1.165, 1.54) is 36.6 Å². The first-order valence-electron chi connectivity index (χ1n) is 8.10. The molecule has 0 spiro atoms. The van der Waals surface area contributed by atoms with E-state index in [0.717, 1.165) is 10.1 Å². The molecular formula is C18H22ClFN2O3S. The van der Waals surface area contributed by atoms with E-state index in [1.807, 2.05) is 30.3 Å². The second-order valence-corrected chi connectivity index (χ2v) is 8.35. The fourth-order valence-electron chi connectivity index (χ4n) is 2.33. The van der Waals surface area contributed by atoms with Crippen LogP contribution < -0.4 is 4.74 Å². The van der Waals surface area contributed by atoms with Crippen LogP contribution in [0, 0.1) is 5.82 Å². The molecule has 0 N–H and O–H groups in total. The molecule has 0 saturated carbocycles. The minimum Gasteiger partial charge on any atom is -0.494 e. The molecule has 2 rings (SSSR count). The molecule has 0 aliphatic heterocycles. The standard InChI is InChI=1S/C18H22ClFN2O3S/c1-21(12-7-13-25-15-8-4-3-5-9-15)26(23,24)22(2)14-16-17(19)10-6-11-18(16)20/h3-6,8-11H,7,12-14H2,1-2H3. The van der Waals surface area contributed by atoms with Crippen molar-refractivity contribution in [3.63, 3.8) is 0 Å². The second-order valence-electron chi connectivity index (χ2n) is 5.80. The third-order valence-corrected chi connectivity index (χ3v) is 6.10. The van der Waals surface area contributed by atoms with Crippen molar-refractivity contribution in [3.8, 4) is 5.75 Å². The van der Waals surface area contributed by atoms with Crippen molar-refractivity contribution in [3.05, 3.63) is 64.9 Å². The van der Waals surface area contributed by atoms with Crippen LogP contribution in [0.1, 0.15) is 12.0 Å². The van der Waals surface area contributed by atoms with Gasteiger partial charge in [-0.3, -0.25) is 0 Å². The molecular weight excluding hydrogens is 379 g/mol. The Balaban J connectivity index is 1.89. The van der Waals surface area contributed by atoms with Crippen molar-refractivity contribution in [2.24, 2.45) is 0 Å². The predicted molar refractivity (Wildman–Crippen MR) is 101 cm³/mol. The maximum Gasteiger partial charge on any atom is 0.281 e. The minimum absolute atomic E-state index is 0.140. The predicted octanol–water partition coefficient (Wildman–Crippen LogP) is 3.56. The Hall–Kier alpha value is -1.67. The summed E-state index contributed by atoms with van der Waals surface area (Å²) in [5.74, 6) is 0.211. The van der Waals surface area contributed by atoms with Gasteiger partial charge in [-0.25, -0.2) is 4.39 Å². The van der Waals surface area contributed by atoms with Crippen molar-refractivity contribution in [2.45, 2.75) is 13.0 Å². The third kappa shape index (κ3) is 5.41. The highest BCUT2D eigenvalue weighted by Gasteiger charge is 2.25. The lowest BCUT2D eigenvalue weighted by atomic mass is 10.2. The number of hydrogen-bond acceptors (Lipinski definition) is 3. The zero-order chi connectivity index (χ0) is 19.2. The molecule has 0 atom stereocenters. The van der Waals surface area contributed by atoms with Crippen LogP contribution in [0.3, 0.4) is 0 Å². The molecule has 2 aromatic carbocycles. The van der Waals surface area contributed by atoms with E-state index >= 15 is 0 Å². The van der Waals surface area contributed by atoms with Gasteiger partial charge in [0.05, 0.1) is 6.61 Å². The molecule has 0 heterocycles. The summed E-state index contributed by atoms with van der Waals surface area (Å²) in [5.41, 5.74) is 0.154. The van der Waals surface area contributed by atoms with Gasteiger partial charge in [-0.05, 0) is 30.7 Å². The van der Waals surface area contributed by atoms with E-state index in [4.69, 9.17) is 16.3 Å². The van der Waals surface area contributed by atoms with Crippen LogP contribution in [0.15, 0.2) is 48.5 Å². The highest BCUT2D eigenvalue weighted by Crippen LogP contribution is 2.22. The zero-order valence-electron chi connectivity index (χ0n) is 14.7. The molecule has 0 aliphatic rings. The number of para-hydroxylation sites is 1. The molecule has 0 aromatic heterocycles. The van der Waals surface area contributed by atoms with Crippen molar-refractivity contribution in [2.75, 3.05) is 27.2 Å². The molecule has 0 amide bonds. The lowest BCUT2D eigenvalue weighted by Gasteiger charge is -2.25. The van der Waals surface area contributed by atoms with E-state index in [0.29, 0.717) is 13.0 Å². The van der Waals surface area contributed by atoms with Crippen LogP contribution in [0.2, 0.25) is 5.02 Å². The van der Waals surface area contributed by atoms with Gasteiger partial charge >= 0.3 is 0 Å². The summed E-state index contributed by atoms with van der Waals surface area (Å²) in [6.07, 6.45) is 0.527. The van der Waals surface area contributed by atoms with Crippen LogP contribution in [0.4, 0.5) is 4.39 Å². The Morgan fingerprint density at radius 1 is 1.04 bits per heavy atom. The molecule has 0 bridgehead atoms. The summed E-state index contributed by atoms with van der Waals surface area (Å²) in [6.45, 7) is 0.538. The van der Waals surface area contributed by atoms with Crippen LogP contribution >= 0.6 is 11.6 Å². The highest BCUT2D eigenvalue weighted by atomic mass is 35.5. The summed E-state index contributed by atoms with van der Waals surface area (Å²) < 4.78 is 46.9. The summed E-state index contributed by atoms with van der Waals surface area (Å²) in [6, 6.07) is 13.6. The molecule has 142 valence electrons. The number of halogens is 2. The largest absolute Gasteiger partial charge is 0.494 e. The van der Waals surface area contributed by atoms with Gasteiger partial charge in [-0.15, -0.1) is 0 Å². The molecule has 0 saturated heterocycles. The zero-order valence-corrected chi connectivity index (χ0v) is 16.3. The first-order chi connectivity index (χ1) is 12.3. The maximum absolute atomic E-state index is 13.9. The lowest BCUT2D eigenvalue weighted by molar-refractivity contribution is 0.291. The molecule has 26 heavy (non-hydrogen) atoms. The van der Waals surface area contributed by atoms with Gasteiger partial charge in [0.1, 0.15) is 11.6 Å². The molecule has 0 radical (unpaired) electrons. The number of ether oxygens (including phenoxy) is 1. The van der Waals surface area contributed by atoms with Crippen molar-refractivity contribution in [1.82, 2.24) is 8.61 Å². The van der Waals surface area contributed by atoms with Gasteiger partial charge in [-0.1, -0.05) is 35.9 Å². The van der Waals surface area contributed by atoms with Crippen LogP contribution in [0.25, 0.3) is 0 Å². The van der Waals surface area contributed by atoms with Crippen molar-refractivity contribution < 1.29 is 17.5 Å². The monoisotopic (exact) mass is 400 g/mol. The van der Waals surface area contributed by atoms with E-state index in [2.05, 4.69) is 0 Å². The van der Waals surface area contributed by atoms with Gasteiger partial charge in [0.25, 0.3) is 10.2 Å². The number of rotatable bonds is 9. The van der Waals surface area contributed by atoms with E-state index in [-0.39, 0.29) is 23.7 Å². The maximum atomic E-state index is 13.9. The van der Waals surface area contributed by atoms with Gasteiger partial charge in [0, 0.05) is 37.8 Å². The van der Waals surface area contributed by atoms with Gasteiger partial charge in [0.15, 0.2) is 0 Å². The average molecular weight is 401 g/mol. The Bertz CT molecular complexity index is 798. The number of nitrogens with zero attached hydrogens (tertiary/aromatic N) is 2. The Morgan fingerprint density at radius 3 is 2.38 bits per heavy atom. The topological polar surface area (TPSA) is 49.9 Å². The second kappa shape index (κ2) is 9.32. The normalized spacial score (nSPS) is 11.9. The summed E-state index contributed by atoms with van der Waals surface area (Å²) in [7, 11) is -0.849. The van der Waals surface area contributed by atoms with E-state index < -0.39 is 16.0 Å². The molecule has 8 heteroatoms. The fourth-order valence-corrected chi connectivity index (χ4v) is 3.69. The Labute approximate surface area is 159 Å². The van der Waals surface area contributed by atoms with Crippen LogP contribution in [0.5, 0.6) is 5.75 Å². The van der Waals surface area contributed by atoms with E-state index in [9.17, 15) is 12.8 Å². The van der Waals surface area contributed by atoms with Crippen molar-refractivity contribution in [1.29, 1.82) is 0 Å². The average Bonchev–Trinajstić information content (AvgIpc) is 2.62. The SMILES string of the molecule is CN(CCCOc1ccccc1)S(=O)(=O)N(C)Cc1c(F)cccc1Cl. The fraction of sp³-hybridized carbons (Fsp3) is 0.333. The number of hydrogen-bond donors (Lipinski definition) is 0. The minimum atomic E-state index is -3.73. The summed E-state index contributed by atoms with van der Waals surface area (Å²) in [4.78, 5) is 0. The number of benzene rings is 2. The molecule has 2 aromatic rings. The summed E-state index contributed by atoms with van der Waals surface area (Å²) >= 11 is 5.97. The van der Waals surface area contributed by atoms with Gasteiger partial charge in [0.2, 0.25) is 0 Å². The molecule has 0 fully saturated rings. The first kappa shape index (κ1) is 20.6. The van der Waals surface area contributed by atoms with Gasteiger partial charge in [-0.2, -0.15) is 17.0 Å². The van der Waals surface area contributed by atoms with Crippen LogP contribution in [-0.4, -0.2) is 44.3 Å². The highest BCUT2D eigenvalue weighted by molar-refractivity contribution is 7.86. The Morgan fingerprint density at radius 2 is 1.73 bits per heavy atom. The quantitative estimate of drug-likeness (QED) is 0.605. The van der Waals surface area contributed by atoms with Crippen LogP contribution in [-0.2, 0) is 16.8 Å². The van der Waals surface area contributed by atoms with E-state index in [1.54, 1.807) is 0 Å². The van der Waals surface area contributed by atoms with Gasteiger partial charge < -0.3 is 4.74 Å². The molecule has 0 aliphatic carbocycles. The molecule has 5 nitrogen and oxygen atoms in total. The summed E-state index contributed by atoms with van der Waals surface area (Å²) in [5, 5.41) is 0.200. The Kier molecular flexibility index (Phi) is 7.40. The lowest BCUT2D eigenvalue weighted by Crippen LogP contribution is -2.40. The third-order valence-electron chi connectivity index (χ3n) is 3.86. The first-order valence-corrected chi connectivity index (χ1v) is 9.88. The molecule has 0 unspecified atom stereocenters.